The van der Waals surface area contributed by atoms with Gasteiger partial charge in [0.2, 0.25) is 10.0 Å². The summed E-state index contributed by atoms with van der Waals surface area (Å²) < 4.78 is 36.4. The predicted molar refractivity (Wildman–Crippen MR) is 81.9 cm³/mol. The van der Waals surface area contributed by atoms with Gasteiger partial charge >= 0.3 is 0 Å². The Morgan fingerprint density at radius 2 is 1.75 bits per heavy atom. The lowest BCUT2D eigenvalue weighted by Gasteiger charge is -2.13. The summed E-state index contributed by atoms with van der Waals surface area (Å²) in [6.07, 6.45) is 1.13. The van der Waals surface area contributed by atoms with Crippen molar-refractivity contribution in [1.29, 1.82) is 0 Å². The fraction of sp³-hybridized carbons (Fsp3) is 0.500. The van der Waals surface area contributed by atoms with Crippen molar-refractivity contribution >= 4 is 38.9 Å². The van der Waals surface area contributed by atoms with Crippen LogP contribution in [0, 0.1) is 0 Å². The Kier molecular flexibility index (Phi) is 6.71. The molecule has 1 aromatic rings. The van der Waals surface area contributed by atoms with Gasteiger partial charge in [0.05, 0.1) is 30.7 Å². The largest absolute Gasteiger partial charge is 0.493 e. The second-order valence-corrected chi connectivity index (χ2v) is 6.63. The maximum Gasteiger partial charge on any atom is 0.232 e. The lowest BCUT2D eigenvalue weighted by atomic mass is 10.3. The Hall–Kier alpha value is -0.850. The van der Waals surface area contributed by atoms with E-state index in [1.54, 1.807) is 0 Å². The summed E-state index contributed by atoms with van der Waals surface area (Å²) in [6, 6.07) is 2.98. The van der Waals surface area contributed by atoms with Crippen molar-refractivity contribution in [3.8, 4) is 11.5 Å². The van der Waals surface area contributed by atoms with Crippen LogP contribution in [0.15, 0.2) is 12.1 Å². The third-order valence-corrected chi connectivity index (χ3v) is 4.47. The Labute approximate surface area is 129 Å². The van der Waals surface area contributed by atoms with Crippen LogP contribution in [0.25, 0.3) is 0 Å². The van der Waals surface area contributed by atoms with Gasteiger partial charge in [0.1, 0.15) is 0 Å². The number of methoxy groups -OCH3 is 2. The van der Waals surface area contributed by atoms with Crippen molar-refractivity contribution in [3.63, 3.8) is 0 Å². The number of benzene rings is 1. The van der Waals surface area contributed by atoms with E-state index in [4.69, 9.17) is 32.7 Å². The molecule has 0 aromatic heterocycles. The van der Waals surface area contributed by atoms with E-state index in [2.05, 4.69) is 4.72 Å². The van der Waals surface area contributed by atoms with Crippen LogP contribution in [0.4, 0.5) is 5.69 Å². The number of sulfonamides is 1. The molecule has 1 N–H and O–H groups in total. The molecular formula is C12H17Cl2NO4S. The highest BCUT2D eigenvalue weighted by molar-refractivity contribution is 7.92. The highest BCUT2D eigenvalue weighted by atomic mass is 35.5. The number of hydrogen-bond donors (Lipinski definition) is 1. The fourth-order valence-corrected chi connectivity index (χ4v) is 3.17. The molecule has 0 amide bonds. The number of anilines is 1. The summed E-state index contributed by atoms with van der Waals surface area (Å²) in [5.74, 6) is 1.26. The van der Waals surface area contributed by atoms with Gasteiger partial charge in [-0.25, -0.2) is 8.42 Å². The van der Waals surface area contributed by atoms with Gasteiger partial charge in [-0.1, -0.05) is 11.6 Å². The van der Waals surface area contributed by atoms with Gasteiger partial charge in [0, 0.05) is 18.0 Å². The predicted octanol–water partition coefficient (Wildman–Crippen LogP) is 3.12. The summed E-state index contributed by atoms with van der Waals surface area (Å²) in [4.78, 5) is 0. The minimum absolute atomic E-state index is 0.00953. The Bertz CT molecular complexity index is 549. The van der Waals surface area contributed by atoms with Crippen LogP contribution in [0.3, 0.4) is 0 Å². The molecule has 1 rings (SSSR count). The molecule has 0 bridgehead atoms. The van der Waals surface area contributed by atoms with E-state index in [0.29, 0.717) is 30.2 Å². The molecule has 8 heteroatoms. The first-order valence-electron chi connectivity index (χ1n) is 5.91. The molecule has 0 aliphatic rings. The number of alkyl halides is 1. The molecule has 114 valence electrons. The van der Waals surface area contributed by atoms with Crippen molar-refractivity contribution in [1.82, 2.24) is 0 Å². The average Bonchev–Trinajstić information content (AvgIpc) is 2.40. The van der Waals surface area contributed by atoms with E-state index in [0.717, 1.165) is 0 Å². The van der Waals surface area contributed by atoms with Crippen molar-refractivity contribution in [3.05, 3.63) is 17.2 Å². The molecule has 5 nitrogen and oxygen atoms in total. The molecule has 0 aliphatic carbocycles. The second-order valence-electron chi connectivity index (χ2n) is 4.00. The molecular weight excluding hydrogens is 325 g/mol. The molecule has 0 heterocycles. The highest BCUT2D eigenvalue weighted by Gasteiger charge is 2.15. The van der Waals surface area contributed by atoms with E-state index < -0.39 is 10.0 Å². The van der Waals surface area contributed by atoms with Crippen molar-refractivity contribution in [2.45, 2.75) is 12.8 Å². The minimum atomic E-state index is -3.46. The summed E-state index contributed by atoms with van der Waals surface area (Å²) >= 11 is 11.5. The van der Waals surface area contributed by atoms with Crippen LogP contribution in [-0.4, -0.2) is 34.3 Å². The Morgan fingerprint density at radius 3 is 2.30 bits per heavy atom. The monoisotopic (exact) mass is 341 g/mol. The van der Waals surface area contributed by atoms with Gasteiger partial charge in [-0.3, -0.25) is 4.72 Å². The summed E-state index contributed by atoms with van der Waals surface area (Å²) in [5.41, 5.74) is 0.259. The maximum absolute atomic E-state index is 11.9. The van der Waals surface area contributed by atoms with Crippen LogP contribution in [0.2, 0.25) is 5.02 Å². The average molecular weight is 342 g/mol. The number of rotatable bonds is 8. The van der Waals surface area contributed by atoms with Crippen molar-refractivity contribution in [2.24, 2.45) is 0 Å². The zero-order valence-corrected chi connectivity index (χ0v) is 13.6. The minimum Gasteiger partial charge on any atom is -0.493 e. The maximum atomic E-state index is 11.9. The van der Waals surface area contributed by atoms with Crippen LogP contribution in [-0.2, 0) is 10.0 Å². The zero-order chi connectivity index (χ0) is 15.2. The van der Waals surface area contributed by atoms with E-state index in [9.17, 15) is 8.42 Å². The second kappa shape index (κ2) is 7.81. The third kappa shape index (κ3) is 4.92. The lowest BCUT2D eigenvalue weighted by Crippen LogP contribution is -2.17. The van der Waals surface area contributed by atoms with Gasteiger partial charge in [-0.15, -0.1) is 11.6 Å². The van der Waals surface area contributed by atoms with Gasteiger partial charge in [0.25, 0.3) is 0 Å². The van der Waals surface area contributed by atoms with Gasteiger partial charge in [-0.05, 0) is 12.8 Å². The van der Waals surface area contributed by atoms with Crippen molar-refractivity contribution in [2.75, 3.05) is 30.6 Å². The van der Waals surface area contributed by atoms with E-state index in [1.807, 2.05) is 0 Å². The number of hydrogen-bond acceptors (Lipinski definition) is 4. The first-order chi connectivity index (χ1) is 9.43. The smallest absolute Gasteiger partial charge is 0.232 e. The zero-order valence-electron chi connectivity index (χ0n) is 11.3. The first kappa shape index (κ1) is 17.2. The van der Waals surface area contributed by atoms with E-state index in [1.165, 1.54) is 26.4 Å². The van der Waals surface area contributed by atoms with Crippen LogP contribution < -0.4 is 14.2 Å². The van der Waals surface area contributed by atoms with Crippen LogP contribution >= 0.6 is 23.2 Å². The molecule has 0 saturated heterocycles. The van der Waals surface area contributed by atoms with Crippen LogP contribution in [0.1, 0.15) is 12.8 Å². The molecule has 0 spiro atoms. The SMILES string of the molecule is COc1cc(Cl)c(NS(=O)(=O)CCCCCl)cc1OC. The lowest BCUT2D eigenvalue weighted by molar-refractivity contribution is 0.355. The van der Waals surface area contributed by atoms with E-state index in [-0.39, 0.29) is 16.5 Å². The topological polar surface area (TPSA) is 64.6 Å². The van der Waals surface area contributed by atoms with Crippen molar-refractivity contribution < 1.29 is 17.9 Å². The normalized spacial score (nSPS) is 11.2. The van der Waals surface area contributed by atoms with E-state index >= 15 is 0 Å². The summed E-state index contributed by atoms with van der Waals surface area (Å²) in [5, 5.41) is 0.239. The number of unbranched alkanes of at least 4 members (excludes halogenated alkanes) is 1. The number of ether oxygens (including phenoxy) is 2. The van der Waals surface area contributed by atoms with Gasteiger partial charge in [-0.2, -0.15) is 0 Å². The molecule has 0 radical (unpaired) electrons. The third-order valence-electron chi connectivity index (χ3n) is 2.54. The van der Waals surface area contributed by atoms with Gasteiger partial charge < -0.3 is 9.47 Å². The Morgan fingerprint density at radius 1 is 1.15 bits per heavy atom. The van der Waals surface area contributed by atoms with Gasteiger partial charge in [0.15, 0.2) is 11.5 Å². The molecule has 20 heavy (non-hydrogen) atoms. The summed E-state index contributed by atoms with van der Waals surface area (Å²) in [6.45, 7) is 0. The molecule has 0 aliphatic heterocycles. The Balaban J connectivity index is 2.92. The quantitative estimate of drug-likeness (QED) is 0.582. The number of nitrogens with one attached hydrogen (secondary N) is 1. The standard InChI is InChI=1S/C12H17Cl2NO4S/c1-18-11-7-9(14)10(8-12(11)19-2)15-20(16,17)6-4-3-5-13/h7-8,15H,3-6H2,1-2H3. The fourth-order valence-electron chi connectivity index (χ4n) is 1.54. The molecule has 0 fully saturated rings. The summed E-state index contributed by atoms with van der Waals surface area (Å²) in [7, 11) is -0.524. The number of halogens is 2. The molecule has 0 unspecified atom stereocenters. The van der Waals surface area contributed by atoms with Crippen LogP contribution in [0.5, 0.6) is 11.5 Å². The molecule has 0 saturated carbocycles. The highest BCUT2D eigenvalue weighted by Crippen LogP contribution is 2.36. The first-order valence-corrected chi connectivity index (χ1v) is 8.48. The molecule has 1 aromatic carbocycles. The molecule has 0 atom stereocenters.